The van der Waals surface area contributed by atoms with E-state index in [-0.39, 0.29) is 17.6 Å². The van der Waals surface area contributed by atoms with Crippen LogP contribution in [0.4, 0.5) is 0 Å². The summed E-state index contributed by atoms with van der Waals surface area (Å²) in [5.74, 6) is 0.0202. The number of benzene rings is 1. The summed E-state index contributed by atoms with van der Waals surface area (Å²) < 4.78 is 25.7. The molecule has 2 saturated carbocycles. The molecule has 2 aliphatic rings. The Labute approximate surface area is 119 Å². The fraction of sp³-hybridized carbons (Fsp3) is 0.438. The van der Waals surface area contributed by atoms with E-state index in [1.807, 2.05) is 19.1 Å². The van der Waals surface area contributed by atoms with Crippen LogP contribution in [0.15, 0.2) is 41.3 Å². The van der Waals surface area contributed by atoms with Crippen molar-refractivity contribution in [2.24, 2.45) is 11.8 Å². The normalized spacial score (nSPS) is 29.8. The Morgan fingerprint density at radius 3 is 2.50 bits per heavy atom. The standard InChI is InChI=1S/C16H18O3S/c1-10-3-5-12(6-4-10)20(18,19)16-11(2)9-14-13(16)7-8-15(14)17/h3-6,13-14,16H,2,7-9H2,1H3. The van der Waals surface area contributed by atoms with E-state index < -0.39 is 15.1 Å². The van der Waals surface area contributed by atoms with Gasteiger partial charge in [0.2, 0.25) is 0 Å². The first kappa shape index (κ1) is 13.6. The van der Waals surface area contributed by atoms with Crippen LogP contribution in [0, 0.1) is 18.8 Å². The molecule has 0 heterocycles. The van der Waals surface area contributed by atoms with E-state index in [1.54, 1.807) is 12.1 Å². The molecule has 1 aromatic carbocycles. The molecule has 3 rings (SSSR count). The van der Waals surface area contributed by atoms with Crippen molar-refractivity contribution < 1.29 is 13.2 Å². The van der Waals surface area contributed by atoms with Gasteiger partial charge in [-0.05, 0) is 37.8 Å². The summed E-state index contributed by atoms with van der Waals surface area (Å²) in [4.78, 5) is 12.2. The minimum atomic E-state index is -3.43. The lowest BCUT2D eigenvalue weighted by Gasteiger charge is -2.19. The van der Waals surface area contributed by atoms with Gasteiger partial charge in [0.1, 0.15) is 5.78 Å². The summed E-state index contributed by atoms with van der Waals surface area (Å²) in [7, 11) is -3.43. The monoisotopic (exact) mass is 290 g/mol. The highest BCUT2D eigenvalue weighted by Crippen LogP contribution is 2.48. The molecule has 0 aromatic heterocycles. The maximum absolute atomic E-state index is 12.8. The zero-order chi connectivity index (χ0) is 14.5. The van der Waals surface area contributed by atoms with Crippen molar-refractivity contribution in [2.75, 3.05) is 0 Å². The summed E-state index contributed by atoms with van der Waals surface area (Å²) in [5.41, 5.74) is 1.73. The second kappa shape index (κ2) is 4.55. The molecular formula is C16H18O3S. The van der Waals surface area contributed by atoms with Crippen molar-refractivity contribution in [1.29, 1.82) is 0 Å². The highest BCUT2D eigenvalue weighted by atomic mass is 32.2. The van der Waals surface area contributed by atoms with Gasteiger partial charge in [0.15, 0.2) is 9.84 Å². The fourth-order valence-corrected chi connectivity index (χ4v) is 5.72. The van der Waals surface area contributed by atoms with Crippen molar-refractivity contribution in [3.05, 3.63) is 42.0 Å². The topological polar surface area (TPSA) is 51.2 Å². The Morgan fingerprint density at radius 1 is 1.20 bits per heavy atom. The van der Waals surface area contributed by atoms with Crippen molar-refractivity contribution in [2.45, 2.75) is 36.3 Å². The minimum Gasteiger partial charge on any atom is -0.299 e. The number of sulfone groups is 1. The lowest BCUT2D eigenvalue weighted by atomic mass is 10.0. The molecule has 0 bridgehead atoms. The highest BCUT2D eigenvalue weighted by Gasteiger charge is 2.51. The number of hydrogen-bond donors (Lipinski definition) is 0. The van der Waals surface area contributed by atoms with Crippen molar-refractivity contribution in [3.8, 4) is 0 Å². The molecule has 2 fully saturated rings. The zero-order valence-corrected chi connectivity index (χ0v) is 12.3. The average Bonchev–Trinajstić information content (AvgIpc) is 2.89. The Morgan fingerprint density at radius 2 is 1.85 bits per heavy atom. The molecule has 4 heteroatoms. The van der Waals surface area contributed by atoms with Crippen molar-refractivity contribution in [3.63, 3.8) is 0 Å². The van der Waals surface area contributed by atoms with Gasteiger partial charge in [-0.25, -0.2) is 8.42 Å². The Balaban J connectivity index is 2.01. The number of carbonyl (C=O) groups is 1. The molecule has 2 aliphatic carbocycles. The van der Waals surface area contributed by atoms with Crippen molar-refractivity contribution in [1.82, 2.24) is 0 Å². The predicted octanol–water partition coefficient (Wildman–Crippen LogP) is 2.69. The van der Waals surface area contributed by atoms with Crippen LogP contribution in [0.25, 0.3) is 0 Å². The lowest BCUT2D eigenvalue weighted by Crippen LogP contribution is -2.27. The fourth-order valence-electron chi connectivity index (χ4n) is 3.59. The SMILES string of the molecule is C=C1CC2C(=O)CCC2C1S(=O)(=O)c1ccc(C)cc1. The van der Waals surface area contributed by atoms with E-state index in [2.05, 4.69) is 6.58 Å². The van der Waals surface area contributed by atoms with Gasteiger partial charge in [-0.1, -0.05) is 29.8 Å². The molecule has 20 heavy (non-hydrogen) atoms. The van der Waals surface area contributed by atoms with Gasteiger partial charge < -0.3 is 0 Å². The van der Waals surface area contributed by atoms with Gasteiger partial charge >= 0.3 is 0 Å². The molecule has 3 unspecified atom stereocenters. The minimum absolute atomic E-state index is 0.0682. The van der Waals surface area contributed by atoms with Crippen LogP contribution in [-0.2, 0) is 14.6 Å². The van der Waals surface area contributed by atoms with Crippen LogP contribution >= 0.6 is 0 Å². The number of carbonyl (C=O) groups excluding carboxylic acids is 1. The van der Waals surface area contributed by atoms with E-state index in [4.69, 9.17) is 0 Å². The largest absolute Gasteiger partial charge is 0.299 e. The van der Waals surface area contributed by atoms with E-state index >= 15 is 0 Å². The van der Waals surface area contributed by atoms with Crippen LogP contribution < -0.4 is 0 Å². The molecule has 0 saturated heterocycles. The Hall–Kier alpha value is -1.42. The third-order valence-corrected chi connectivity index (χ3v) is 6.89. The molecule has 0 aliphatic heterocycles. The molecular weight excluding hydrogens is 272 g/mol. The second-order valence-corrected chi connectivity index (χ2v) is 7.99. The van der Waals surface area contributed by atoms with E-state index in [9.17, 15) is 13.2 Å². The average molecular weight is 290 g/mol. The van der Waals surface area contributed by atoms with Gasteiger partial charge in [0, 0.05) is 12.3 Å². The predicted molar refractivity (Wildman–Crippen MR) is 77.1 cm³/mol. The van der Waals surface area contributed by atoms with Gasteiger partial charge in [0.05, 0.1) is 10.1 Å². The van der Waals surface area contributed by atoms with E-state index in [0.29, 0.717) is 29.7 Å². The van der Waals surface area contributed by atoms with Gasteiger partial charge in [-0.2, -0.15) is 0 Å². The van der Waals surface area contributed by atoms with Crippen LogP contribution in [0.3, 0.4) is 0 Å². The molecule has 0 amide bonds. The molecule has 3 nitrogen and oxygen atoms in total. The lowest BCUT2D eigenvalue weighted by molar-refractivity contribution is -0.120. The van der Waals surface area contributed by atoms with Gasteiger partial charge in [-0.3, -0.25) is 4.79 Å². The van der Waals surface area contributed by atoms with E-state index in [1.165, 1.54) is 0 Å². The highest BCUT2D eigenvalue weighted by molar-refractivity contribution is 7.92. The first-order valence-corrected chi connectivity index (χ1v) is 8.47. The number of rotatable bonds is 2. The molecule has 0 spiro atoms. The molecule has 1 aromatic rings. The van der Waals surface area contributed by atoms with E-state index in [0.717, 1.165) is 5.56 Å². The van der Waals surface area contributed by atoms with Crippen LogP contribution in [0.1, 0.15) is 24.8 Å². The number of hydrogen-bond acceptors (Lipinski definition) is 3. The summed E-state index contributed by atoms with van der Waals surface area (Å²) >= 11 is 0. The summed E-state index contributed by atoms with van der Waals surface area (Å²) in [6, 6.07) is 6.92. The first-order valence-electron chi connectivity index (χ1n) is 6.92. The molecule has 0 N–H and O–H groups in total. The van der Waals surface area contributed by atoms with Crippen LogP contribution in [0.2, 0.25) is 0 Å². The van der Waals surface area contributed by atoms with Crippen LogP contribution in [0.5, 0.6) is 0 Å². The number of Topliss-reactive ketones (excluding diaryl/α,β-unsaturated/α-hetero) is 1. The van der Waals surface area contributed by atoms with Gasteiger partial charge in [0.25, 0.3) is 0 Å². The zero-order valence-electron chi connectivity index (χ0n) is 11.5. The number of aryl methyl sites for hydroxylation is 1. The Kier molecular flexibility index (Phi) is 3.09. The maximum Gasteiger partial charge on any atom is 0.185 e. The summed E-state index contributed by atoms with van der Waals surface area (Å²) in [5, 5.41) is -0.582. The van der Waals surface area contributed by atoms with Crippen molar-refractivity contribution >= 4 is 15.6 Å². The van der Waals surface area contributed by atoms with Crippen LogP contribution in [-0.4, -0.2) is 19.5 Å². The Bertz CT molecular complexity index is 670. The quantitative estimate of drug-likeness (QED) is 0.787. The maximum atomic E-state index is 12.8. The smallest absolute Gasteiger partial charge is 0.185 e. The molecule has 0 radical (unpaired) electrons. The summed E-state index contributed by atoms with van der Waals surface area (Å²) in [6.45, 7) is 5.86. The number of fused-ring (bicyclic) bond motifs is 1. The third kappa shape index (κ3) is 1.94. The second-order valence-electron chi connectivity index (χ2n) is 5.92. The first-order chi connectivity index (χ1) is 9.41. The van der Waals surface area contributed by atoms with Gasteiger partial charge in [-0.15, -0.1) is 0 Å². The molecule has 106 valence electrons. The third-order valence-electron chi connectivity index (χ3n) is 4.61. The summed E-state index contributed by atoms with van der Waals surface area (Å²) in [6.07, 6.45) is 1.74. The molecule has 3 atom stereocenters. The number of ketones is 1.